The molecule has 0 amide bonds. The van der Waals surface area contributed by atoms with Gasteiger partial charge >= 0.3 is 23.9 Å². The summed E-state index contributed by atoms with van der Waals surface area (Å²) in [6.45, 7) is 22.2. The number of benzene rings is 1. The van der Waals surface area contributed by atoms with Crippen LogP contribution in [0.25, 0.3) is 0 Å². The molecule has 0 aromatic heterocycles. The van der Waals surface area contributed by atoms with Crippen molar-refractivity contribution in [2.75, 3.05) is 78.6 Å². The van der Waals surface area contributed by atoms with Gasteiger partial charge in [0.1, 0.15) is 29.5 Å². The summed E-state index contributed by atoms with van der Waals surface area (Å²) in [5.41, 5.74) is -1.26. The van der Waals surface area contributed by atoms with Crippen molar-refractivity contribution < 1.29 is 48.0 Å². The summed E-state index contributed by atoms with van der Waals surface area (Å²) in [5.74, 6) is -1.67. The Labute approximate surface area is 323 Å². The van der Waals surface area contributed by atoms with Crippen molar-refractivity contribution in [1.29, 1.82) is 0 Å². The zero-order valence-electron chi connectivity index (χ0n) is 34.6. The lowest BCUT2D eigenvalue weighted by molar-refractivity contribution is -0.164. The smallest absolute Gasteiger partial charge is 0.323 e. The molecule has 1 saturated heterocycles. The Morgan fingerprint density at radius 1 is 0.667 bits per heavy atom. The maximum Gasteiger partial charge on any atom is 0.323 e. The van der Waals surface area contributed by atoms with Crippen molar-refractivity contribution in [3.63, 3.8) is 0 Å². The quantitative estimate of drug-likeness (QED) is 0.158. The maximum absolute atomic E-state index is 13.9. The second kappa shape index (κ2) is 22.4. The van der Waals surface area contributed by atoms with Gasteiger partial charge < -0.3 is 28.8 Å². The number of ether oxygens (including phenoxy) is 5. The van der Waals surface area contributed by atoms with E-state index in [1.807, 2.05) is 93.5 Å². The predicted molar refractivity (Wildman–Crippen MR) is 205 cm³/mol. The predicted octanol–water partition coefficient (Wildman–Crippen LogP) is 3.48. The molecule has 308 valence electrons. The van der Waals surface area contributed by atoms with Crippen LogP contribution in [-0.2, 0) is 49.5 Å². The van der Waals surface area contributed by atoms with E-state index in [2.05, 4.69) is 4.90 Å². The van der Waals surface area contributed by atoms with Crippen molar-refractivity contribution in [3.8, 4) is 0 Å². The molecule has 0 saturated carbocycles. The molecule has 0 bridgehead atoms. The SMILES string of the molecule is CCOC(O)CN1CCN(CC(=O)OC(C)(C)C)CCN(C(CCC(=O)OCc2ccccc2)C(=O)OC(C)(C)C)CCN(CC(=O)OC(C)(C)C)CC1. The molecule has 1 fully saturated rings. The molecule has 0 spiro atoms. The number of hydrogen-bond donors (Lipinski definition) is 1. The maximum atomic E-state index is 13.9. The summed E-state index contributed by atoms with van der Waals surface area (Å²) in [5, 5.41) is 10.6. The fourth-order valence-corrected chi connectivity index (χ4v) is 5.83. The Kier molecular flexibility index (Phi) is 19.5. The van der Waals surface area contributed by atoms with Gasteiger partial charge in [-0.1, -0.05) is 30.3 Å². The fourth-order valence-electron chi connectivity index (χ4n) is 5.83. The molecule has 2 unspecified atom stereocenters. The van der Waals surface area contributed by atoms with Gasteiger partial charge in [0, 0.05) is 71.9 Å². The van der Waals surface area contributed by atoms with E-state index < -0.39 is 41.1 Å². The zero-order valence-corrected chi connectivity index (χ0v) is 34.6. The summed E-state index contributed by atoms with van der Waals surface area (Å²) in [4.78, 5) is 61.1. The van der Waals surface area contributed by atoms with Crippen LogP contribution in [-0.4, -0.2) is 156 Å². The van der Waals surface area contributed by atoms with Crippen LogP contribution in [0.1, 0.15) is 87.6 Å². The topological polar surface area (TPSA) is 148 Å². The lowest BCUT2D eigenvalue weighted by atomic mass is 10.1. The Balaban J connectivity index is 2.44. The first-order chi connectivity index (χ1) is 25.1. The van der Waals surface area contributed by atoms with Gasteiger partial charge in [0.15, 0.2) is 6.29 Å². The minimum Gasteiger partial charge on any atom is -0.461 e. The number of esters is 4. The summed E-state index contributed by atoms with van der Waals surface area (Å²) in [6, 6.07) is 8.57. The first kappa shape index (κ1) is 47.0. The number of carbonyl (C=O) groups is 4. The monoisotopic (exact) mass is 764 g/mol. The highest BCUT2D eigenvalue weighted by Crippen LogP contribution is 2.18. The van der Waals surface area contributed by atoms with Crippen LogP contribution in [0.15, 0.2) is 30.3 Å². The van der Waals surface area contributed by atoms with Crippen LogP contribution in [0.4, 0.5) is 0 Å². The Morgan fingerprint density at radius 3 is 1.59 bits per heavy atom. The molecule has 1 N–H and O–H groups in total. The molecule has 0 aliphatic carbocycles. The van der Waals surface area contributed by atoms with Crippen molar-refractivity contribution in [2.45, 2.75) is 118 Å². The largest absolute Gasteiger partial charge is 0.461 e. The Bertz CT molecular complexity index is 1250. The van der Waals surface area contributed by atoms with Crippen LogP contribution in [0.2, 0.25) is 0 Å². The summed E-state index contributed by atoms with van der Waals surface area (Å²) < 4.78 is 28.2. The second-order valence-electron chi connectivity index (χ2n) is 16.7. The van der Waals surface area contributed by atoms with E-state index in [1.54, 1.807) is 20.8 Å². The van der Waals surface area contributed by atoms with Crippen LogP contribution >= 0.6 is 0 Å². The second-order valence-corrected chi connectivity index (χ2v) is 16.7. The molecular formula is C40H68N4O10. The van der Waals surface area contributed by atoms with E-state index in [4.69, 9.17) is 23.7 Å². The number of aliphatic hydroxyl groups is 1. The zero-order chi connectivity index (χ0) is 40.5. The van der Waals surface area contributed by atoms with Crippen LogP contribution < -0.4 is 0 Å². The van der Waals surface area contributed by atoms with Gasteiger partial charge in [0.2, 0.25) is 0 Å². The molecule has 0 radical (unpaired) electrons. The van der Waals surface area contributed by atoms with Crippen molar-refractivity contribution >= 4 is 23.9 Å². The summed E-state index contributed by atoms with van der Waals surface area (Å²) >= 11 is 0. The molecule has 54 heavy (non-hydrogen) atoms. The number of hydrogen-bond acceptors (Lipinski definition) is 14. The number of aliphatic hydroxyl groups excluding tert-OH is 1. The molecule has 1 aliphatic heterocycles. The molecule has 14 nitrogen and oxygen atoms in total. The van der Waals surface area contributed by atoms with Gasteiger partial charge in [0.05, 0.1) is 13.1 Å². The standard InChI is InChI=1S/C40H68N4O10/c1-11-50-34(46)27-41-19-21-42(28-35(47)52-38(2,3)4)23-25-44(26-24-43(22-20-41)29-36(48)53-39(5,6)7)32(37(49)54-40(8,9)10)17-18-33(45)51-30-31-15-13-12-14-16-31/h12-16,32,34,46H,11,17-30H2,1-10H3. The molecular weight excluding hydrogens is 696 g/mol. The van der Waals surface area contributed by atoms with Crippen molar-refractivity contribution in [2.24, 2.45) is 0 Å². The van der Waals surface area contributed by atoms with Crippen molar-refractivity contribution in [3.05, 3.63) is 35.9 Å². The third-order valence-electron chi connectivity index (χ3n) is 8.17. The summed E-state index contributed by atoms with van der Waals surface area (Å²) in [7, 11) is 0. The minimum atomic E-state index is -1.01. The van der Waals surface area contributed by atoms with Gasteiger partial charge in [0.25, 0.3) is 0 Å². The van der Waals surface area contributed by atoms with Gasteiger partial charge in [-0.05, 0) is 81.2 Å². The first-order valence-corrected chi connectivity index (χ1v) is 19.2. The van der Waals surface area contributed by atoms with Crippen molar-refractivity contribution in [1.82, 2.24) is 19.6 Å². The van der Waals surface area contributed by atoms with Crippen LogP contribution in [0, 0.1) is 0 Å². The van der Waals surface area contributed by atoms with E-state index in [-0.39, 0.29) is 51.0 Å². The number of carbonyl (C=O) groups excluding carboxylic acids is 4. The molecule has 2 atom stereocenters. The molecule has 1 aromatic rings. The normalized spacial score (nSPS) is 17.8. The molecule has 1 aliphatic rings. The molecule has 1 heterocycles. The average Bonchev–Trinajstić information content (AvgIpc) is 3.02. The lowest BCUT2D eigenvalue weighted by Gasteiger charge is -2.37. The van der Waals surface area contributed by atoms with E-state index in [1.165, 1.54) is 0 Å². The molecule has 1 aromatic carbocycles. The van der Waals surface area contributed by atoms with E-state index in [0.29, 0.717) is 59.0 Å². The minimum absolute atomic E-state index is 0.0145. The van der Waals surface area contributed by atoms with E-state index in [9.17, 15) is 24.3 Å². The third-order valence-corrected chi connectivity index (χ3v) is 8.17. The van der Waals surface area contributed by atoms with E-state index in [0.717, 1.165) is 5.56 Å². The first-order valence-electron chi connectivity index (χ1n) is 19.2. The highest BCUT2D eigenvalue weighted by atomic mass is 16.6. The number of rotatable bonds is 15. The third kappa shape index (κ3) is 21.1. The molecule has 14 heteroatoms. The summed E-state index contributed by atoms with van der Waals surface area (Å²) in [6.07, 6.45) is -0.886. The van der Waals surface area contributed by atoms with E-state index >= 15 is 0 Å². The number of β-amino-alcohol motifs (C(OH)–C–C–N with tert-alkyl or cyclic N) is 1. The fraction of sp³-hybridized carbons (Fsp3) is 0.750. The Hall–Kier alpha value is -3.14. The highest BCUT2D eigenvalue weighted by Gasteiger charge is 2.33. The van der Waals surface area contributed by atoms with Gasteiger partial charge in [-0.25, -0.2) is 0 Å². The van der Waals surface area contributed by atoms with Gasteiger partial charge in [-0.15, -0.1) is 0 Å². The lowest BCUT2D eigenvalue weighted by Crippen LogP contribution is -2.53. The van der Waals surface area contributed by atoms with Gasteiger partial charge in [-0.3, -0.25) is 38.8 Å². The van der Waals surface area contributed by atoms with Crippen LogP contribution in [0.3, 0.4) is 0 Å². The molecule has 2 rings (SSSR count). The number of nitrogens with zero attached hydrogens (tertiary/aromatic N) is 4. The van der Waals surface area contributed by atoms with Gasteiger partial charge in [-0.2, -0.15) is 0 Å². The average molecular weight is 765 g/mol. The highest BCUT2D eigenvalue weighted by molar-refractivity contribution is 5.78. The van der Waals surface area contributed by atoms with Crippen LogP contribution in [0.5, 0.6) is 0 Å². The Morgan fingerprint density at radius 2 is 1.13 bits per heavy atom.